The van der Waals surface area contributed by atoms with Crippen molar-refractivity contribution >= 4 is 19.2 Å². The van der Waals surface area contributed by atoms with Gasteiger partial charge in [0, 0.05) is 0 Å². The molecule has 108 valence electrons. The fraction of sp³-hybridized carbons (Fsp3) is 1.00. The van der Waals surface area contributed by atoms with Crippen molar-refractivity contribution in [3.05, 3.63) is 0 Å². The molecular weight excluding hydrogens is 374 g/mol. The Morgan fingerprint density at radius 1 is 1.00 bits per heavy atom. The summed E-state index contributed by atoms with van der Waals surface area (Å²) >= 11 is -2.79. The summed E-state index contributed by atoms with van der Waals surface area (Å²) in [7, 11) is 0. The number of unbranched alkanes of at least 4 members (excludes halogenated alkanes) is 2. The van der Waals surface area contributed by atoms with E-state index in [0.29, 0.717) is 13.2 Å². The number of hydrogen-bond donors (Lipinski definition) is 0. The van der Waals surface area contributed by atoms with Gasteiger partial charge in [-0.05, 0) is 0 Å². The summed E-state index contributed by atoms with van der Waals surface area (Å²) < 4.78 is 14.9. The molecule has 0 aromatic rings. The zero-order chi connectivity index (χ0) is 13.5. The Kier molecular flexibility index (Phi) is 12.3. The minimum Gasteiger partial charge on any atom is 1.00 e. The van der Waals surface area contributed by atoms with Crippen molar-refractivity contribution in [2.24, 2.45) is 5.41 Å². The Morgan fingerprint density at radius 2 is 1.47 bits per heavy atom. The molecular formula is C14H29KO3Sn. The van der Waals surface area contributed by atoms with Gasteiger partial charge in [0.05, 0.1) is 0 Å². The van der Waals surface area contributed by atoms with Crippen LogP contribution in [-0.4, -0.2) is 39.0 Å². The molecule has 0 aliphatic carbocycles. The molecule has 0 bridgehead atoms. The summed E-state index contributed by atoms with van der Waals surface area (Å²) in [4.78, 5) is 0. The van der Waals surface area contributed by atoms with E-state index in [1.165, 1.54) is 34.6 Å². The van der Waals surface area contributed by atoms with Crippen LogP contribution in [0.1, 0.15) is 52.9 Å². The standard InChI is InChI=1S/C6H11O3.2C4H9.K.Sn/c1-2-6(3-7,4-8)5-9;2*1-3-4-2;;/h2-5H2,1H3;2*1,3-4H2,2H3;;/q-3;;;+1;+2. The Morgan fingerprint density at radius 3 is 1.79 bits per heavy atom. The first-order chi connectivity index (χ1) is 8.66. The zero-order valence-electron chi connectivity index (χ0n) is 13.3. The topological polar surface area (TPSA) is 41.5 Å². The molecule has 5 heteroatoms. The second-order valence-corrected chi connectivity index (χ2v) is 15.4. The maximum absolute atomic E-state index is 11.3. The second kappa shape index (κ2) is 10.9. The van der Waals surface area contributed by atoms with Crippen molar-refractivity contribution in [2.75, 3.05) is 19.8 Å². The van der Waals surface area contributed by atoms with E-state index in [2.05, 4.69) is 20.8 Å². The summed E-state index contributed by atoms with van der Waals surface area (Å²) in [5.74, 6) is 0. The molecule has 1 aliphatic rings. The van der Waals surface area contributed by atoms with E-state index in [-0.39, 0.29) is 63.4 Å². The van der Waals surface area contributed by atoms with Crippen LogP contribution in [0.4, 0.5) is 0 Å². The quantitative estimate of drug-likeness (QED) is 0.529. The van der Waals surface area contributed by atoms with Gasteiger partial charge in [-0.1, -0.05) is 0 Å². The maximum atomic E-state index is 11.3. The van der Waals surface area contributed by atoms with Crippen LogP contribution in [0.5, 0.6) is 0 Å². The van der Waals surface area contributed by atoms with Crippen molar-refractivity contribution in [3.8, 4) is 0 Å². The molecule has 1 saturated heterocycles. The summed E-state index contributed by atoms with van der Waals surface area (Å²) in [5, 5.41) is 11.3. The van der Waals surface area contributed by atoms with Gasteiger partial charge in [0.1, 0.15) is 0 Å². The largest absolute Gasteiger partial charge is 1.00 e. The maximum Gasteiger partial charge on any atom is 1.00 e. The number of hydrogen-bond acceptors (Lipinski definition) is 3. The van der Waals surface area contributed by atoms with Crippen LogP contribution in [0.25, 0.3) is 0 Å². The van der Waals surface area contributed by atoms with Crippen LogP contribution in [0.15, 0.2) is 0 Å². The molecule has 0 amide bonds. The molecule has 0 aromatic carbocycles. The minimum atomic E-state index is -2.79. The van der Waals surface area contributed by atoms with Crippen molar-refractivity contribution in [3.63, 3.8) is 0 Å². The first-order valence-electron chi connectivity index (χ1n) is 7.52. The average Bonchev–Trinajstić information content (AvgIpc) is 2.44. The summed E-state index contributed by atoms with van der Waals surface area (Å²) in [6, 6.07) is 0. The monoisotopic (exact) mass is 404 g/mol. The van der Waals surface area contributed by atoms with E-state index in [0.717, 1.165) is 6.42 Å². The van der Waals surface area contributed by atoms with Crippen LogP contribution >= 0.6 is 0 Å². The normalized spacial score (nSPS) is 20.8. The molecule has 0 spiro atoms. The van der Waals surface area contributed by atoms with Crippen LogP contribution in [-0.2, 0) is 6.15 Å². The first kappa shape index (κ1) is 21.3. The van der Waals surface area contributed by atoms with E-state index >= 15 is 0 Å². The molecule has 0 unspecified atom stereocenters. The minimum absolute atomic E-state index is 0. The molecule has 0 N–H and O–H groups in total. The van der Waals surface area contributed by atoms with Crippen LogP contribution in [0.2, 0.25) is 8.87 Å². The van der Waals surface area contributed by atoms with Crippen molar-refractivity contribution in [1.82, 2.24) is 0 Å². The van der Waals surface area contributed by atoms with Crippen LogP contribution in [0, 0.1) is 5.41 Å². The number of rotatable bonds is 8. The van der Waals surface area contributed by atoms with E-state index in [1.807, 2.05) is 0 Å². The summed E-state index contributed by atoms with van der Waals surface area (Å²) in [5.41, 5.74) is -0.237. The molecule has 19 heavy (non-hydrogen) atoms. The van der Waals surface area contributed by atoms with Crippen molar-refractivity contribution < 1.29 is 62.6 Å². The fourth-order valence-corrected chi connectivity index (χ4v) is 13.3. The van der Waals surface area contributed by atoms with Crippen LogP contribution in [0.3, 0.4) is 0 Å². The SMILES string of the molecule is CCC[CH2][Sn]1([CH2]CCC)[O]CC(CC)(C[O-])C[O]1.[K+]. The first-order valence-corrected chi connectivity index (χ1v) is 13.9. The Bertz CT molecular complexity index is 215. The van der Waals surface area contributed by atoms with Crippen molar-refractivity contribution in [2.45, 2.75) is 61.7 Å². The third kappa shape index (κ3) is 6.53. The molecule has 0 aromatic heterocycles. The Hall–Kier alpha value is 2.32. The van der Waals surface area contributed by atoms with Gasteiger partial charge in [0.15, 0.2) is 0 Å². The van der Waals surface area contributed by atoms with Gasteiger partial charge in [0.25, 0.3) is 0 Å². The predicted molar refractivity (Wildman–Crippen MR) is 74.7 cm³/mol. The molecule has 0 radical (unpaired) electrons. The molecule has 1 heterocycles. The summed E-state index contributed by atoms with van der Waals surface area (Å²) in [6.45, 7) is 7.78. The van der Waals surface area contributed by atoms with Gasteiger partial charge in [-0.15, -0.1) is 0 Å². The third-order valence-corrected chi connectivity index (χ3v) is 14.4. The van der Waals surface area contributed by atoms with E-state index in [9.17, 15) is 5.11 Å². The molecule has 1 aliphatic heterocycles. The molecule has 1 fully saturated rings. The molecule has 0 saturated carbocycles. The Labute approximate surface area is 166 Å². The summed E-state index contributed by atoms with van der Waals surface area (Å²) in [6.07, 6.45) is 5.72. The van der Waals surface area contributed by atoms with Gasteiger partial charge in [-0.3, -0.25) is 0 Å². The van der Waals surface area contributed by atoms with Crippen LogP contribution < -0.4 is 56.5 Å². The molecule has 3 nitrogen and oxygen atoms in total. The van der Waals surface area contributed by atoms with Gasteiger partial charge >= 0.3 is 169 Å². The Balaban J connectivity index is 0.00000324. The van der Waals surface area contributed by atoms with Gasteiger partial charge in [-0.25, -0.2) is 0 Å². The average molecular weight is 403 g/mol. The van der Waals surface area contributed by atoms with Gasteiger partial charge < -0.3 is 0 Å². The predicted octanol–water partition coefficient (Wildman–Crippen LogP) is -0.164. The molecule has 1 rings (SSSR count). The third-order valence-electron chi connectivity index (χ3n) is 4.16. The van der Waals surface area contributed by atoms with E-state index < -0.39 is 19.2 Å². The van der Waals surface area contributed by atoms with E-state index in [1.54, 1.807) is 0 Å². The van der Waals surface area contributed by atoms with E-state index in [4.69, 9.17) is 6.15 Å². The smallest absolute Gasteiger partial charge is 1.00 e. The zero-order valence-corrected chi connectivity index (χ0v) is 19.3. The van der Waals surface area contributed by atoms with Crippen molar-refractivity contribution in [1.29, 1.82) is 0 Å². The van der Waals surface area contributed by atoms with Gasteiger partial charge in [0.2, 0.25) is 0 Å². The van der Waals surface area contributed by atoms with Gasteiger partial charge in [-0.2, -0.15) is 0 Å². The second-order valence-electron chi connectivity index (χ2n) is 5.69. The molecule has 0 atom stereocenters. The fourth-order valence-electron chi connectivity index (χ4n) is 2.35.